The van der Waals surface area contributed by atoms with E-state index in [1.165, 1.54) is 0 Å². The van der Waals surface area contributed by atoms with Gasteiger partial charge in [-0.2, -0.15) is 0 Å². The minimum atomic E-state index is -0.968. The van der Waals surface area contributed by atoms with Crippen LogP contribution in [0, 0.1) is 12.8 Å². The lowest BCUT2D eigenvalue weighted by Gasteiger charge is -2.23. The topological polar surface area (TPSA) is 71.5 Å². The number of benzene rings is 1. The standard InChI is InChI=1S/C27H38ClN3O/c1-8-10-12-21(16-30-19(5)27(6,7)32)20-13-14-23-22(15-20)24(25(28)18(4)31-23)26(29)17(3)11-9-2/h10,12-17,26,32H,8-9,11,29H2,1-7H3/b12-10+,21-16+,30-19+. The van der Waals surface area contributed by atoms with Gasteiger partial charge in [-0.25, -0.2) is 0 Å². The molecule has 0 aliphatic heterocycles. The van der Waals surface area contributed by atoms with E-state index in [4.69, 9.17) is 22.3 Å². The largest absolute Gasteiger partial charge is 0.385 e. The molecule has 2 atom stereocenters. The average molecular weight is 456 g/mol. The van der Waals surface area contributed by atoms with Crippen LogP contribution in [0.4, 0.5) is 0 Å². The fourth-order valence-electron chi connectivity index (χ4n) is 3.60. The van der Waals surface area contributed by atoms with Crippen LogP contribution < -0.4 is 5.73 Å². The van der Waals surface area contributed by atoms with Crippen molar-refractivity contribution in [3.8, 4) is 0 Å². The summed E-state index contributed by atoms with van der Waals surface area (Å²) in [5.41, 5.74) is 11.0. The van der Waals surface area contributed by atoms with Gasteiger partial charge in [0.15, 0.2) is 0 Å². The highest BCUT2D eigenvalue weighted by Gasteiger charge is 2.22. The van der Waals surface area contributed by atoms with E-state index < -0.39 is 5.60 Å². The Kier molecular flexibility index (Phi) is 9.20. The first-order valence-electron chi connectivity index (χ1n) is 11.5. The molecule has 1 heterocycles. The smallest absolute Gasteiger partial charge is 0.0967 e. The molecular weight excluding hydrogens is 418 g/mol. The van der Waals surface area contributed by atoms with Crippen LogP contribution in [-0.4, -0.2) is 21.4 Å². The molecule has 0 bridgehead atoms. The number of aromatic nitrogens is 1. The number of hydrogen-bond acceptors (Lipinski definition) is 4. The van der Waals surface area contributed by atoms with E-state index in [2.05, 4.69) is 44.0 Å². The monoisotopic (exact) mass is 455 g/mol. The number of halogens is 1. The van der Waals surface area contributed by atoms with Gasteiger partial charge in [0, 0.05) is 23.3 Å². The number of pyridine rings is 1. The van der Waals surface area contributed by atoms with Crippen LogP contribution in [-0.2, 0) is 0 Å². The quantitative estimate of drug-likeness (QED) is 0.311. The number of hydrogen-bond donors (Lipinski definition) is 2. The van der Waals surface area contributed by atoms with E-state index in [0.717, 1.165) is 52.6 Å². The first-order valence-corrected chi connectivity index (χ1v) is 11.9. The first-order chi connectivity index (χ1) is 15.0. The van der Waals surface area contributed by atoms with Crippen LogP contribution in [0.5, 0.6) is 0 Å². The molecule has 4 nitrogen and oxygen atoms in total. The predicted molar refractivity (Wildman–Crippen MR) is 139 cm³/mol. The zero-order chi connectivity index (χ0) is 24.1. The average Bonchev–Trinajstić information content (AvgIpc) is 2.73. The van der Waals surface area contributed by atoms with E-state index in [1.807, 2.05) is 32.2 Å². The summed E-state index contributed by atoms with van der Waals surface area (Å²) in [6, 6.07) is 6.02. The zero-order valence-corrected chi connectivity index (χ0v) is 21.3. The second-order valence-electron chi connectivity index (χ2n) is 9.12. The maximum Gasteiger partial charge on any atom is 0.0967 e. The Morgan fingerprint density at radius 1 is 1.31 bits per heavy atom. The highest BCUT2D eigenvalue weighted by atomic mass is 35.5. The van der Waals surface area contributed by atoms with Crippen molar-refractivity contribution in [3.63, 3.8) is 0 Å². The van der Waals surface area contributed by atoms with Crippen molar-refractivity contribution in [2.45, 2.75) is 79.4 Å². The number of allylic oxidation sites excluding steroid dienone is 3. The Balaban J connectivity index is 2.71. The molecule has 2 rings (SSSR count). The molecule has 0 saturated carbocycles. The Morgan fingerprint density at radius 3 is 2.59 bits per heavy atom. The first kappa shape index (κ1) is 26.2. The van der Waals surface area contributed by atoms with Gasteiger partial charge in [0.1, 0.15) is 0 Å². The van der Waals surface area contributed by atoms with Crippen LogP contribution in [0.2, 0.25) is 5.02 Å². The number of aliphatic imine (C=N–C) groups is 1. The lowest BCUT2D eigenvalue weighted by atomic mass is 9.88. The molecule has 2 unspecified atom stereocenters. The van der Waals surface area contributed by atoms with E-state index in [1.54, 1.807) is 13.8 Å². The molecule has 1 aromatic heterocycles. The van der Waals surface area contributed by atoms with E-state index in [9.17, 15) is 5.11 Å². The van der Waals surface area contributed by atoms with Gasteiger partial charge in [0.2, 0.25) is 0 Å². The second-order valence-corrected chi connectivity index (χ2v) is 9.50. The molecule has 0 aliphatic rings. The van der Waals surface area contributed by atoms with Gasteiger partial charge in [-0.1, -0.05) is 57.0 Å². The van der Waals surface area contributed by atoms with Gasteiger partial charge in [0.25, 0.3) is 0 Å². The van der Waals surface area contributed by atoms with Crippen LogP contribution in [0.1, 0.15) is 83.7 Å². The minimum Gasteiger partial charge on any atom is -0.385 e. The minimum absolute atomic E-state index is 0.170. The summed E-state index contributed by atoms with van der Waals surface area (Å²) in [6.45, 7) is 13.7. The molecule has 5 heteroatoms. The third-order valence-electron chi connectivity index (χ3n) is 5.97. The highest BCUT2D eigenvalue weighted by molar-refractivity contribution is 6.33. The van der Waals surface area contributed by atoms with Crippen LogP contribution in [0.25, 0.3) is 16.5 Å². The summed E-state index contributed by atoms with van der Waals surface area (Å²) in [5.74, 6) is 0.306. The molecule has 0 saturated heterocycles. The fourth-order valence-corrected chi connectivity index (χ4v) is 3.87. The maximum absolute atomic E-state index is 10.2. The summed E-state index contributed by atoms with van der Waals surface area (Å²) in [6.07, 6.45) is 8.99. The molecule has 1 aromatic carbocycles. The van der Waals surface area contributed by atoms with Gasteiger partial charge >= 0.3 is 0 Å². The Morgan fingerprint density at radius 2 is 2.00 bits per heavy atom. The third kappa shape index (κ3) is 6.28. The molecule has 2 aromatic rings. The normalized spacial score (nSPS) is 15.6. The number of rotatable bonds is 9. The van der Waals surface area contributed by atoms with Crippen LogP contribution in [0.3, 0.4) is 0 Å². The lowest BCUT2D eigenvalue weighted by molar-refractivity contribution is 0.153. The van der Waals surface area contributed by atoms with Crippen molar-refractivity contribution in [2.75, 3.05) is 0 Å². The van der Waals surface area contributed by atoms with Crippen molar-refractivity contribution in [1.29, 1.82) is 0 Å². The van der Waals surface area contributed by atoms with Gasteiger partial charge in [-0.05, 0) is 75.3 Å². The number of nitrogens with zero attached hydrogens (tertiary/aromatic N) is 2. The molecule has 0 amide bonds. The summed E-state index contributed by atoms with van der Waals surface area (Å²) in [7, 11) is 0. The number of aliphatic hydroxyl groups is 1. The predicted octanol–water partition coefficient (Wildman–Crippen LogP) is 7.17. The number of nitrogens with two attached hydrogens (primary N) is 1. The number of aryl methyl sites for hydroxylation is 1. The Labute approximate surface area is 198 Å². The van der Waals surface area contributed by atoms with Gasteiger partial charge in [-0.15, -0.1) is 0 Å². The second kappa shape index (κ2) is 11.2. The summed E-state index contributed by atoms with van der Waals surface area (Å²) < 4.78 is 0. The summed E-state index contributed by atoms with van der Waals surface area (Å²) in [5, 5.41) is 11.8. The van der Waals surface area contributed by atoms with Crippen molar-refractivity contribution >= 4 is 33.8 Å². The van der Waals surface area contributed by atoms with Gasteiger partial charge in [0.05, 0.1) is 21.8 Å². The highest BCUT2D eigenvalue weighted by Crippen LogP contribution is 2.37. The molecular formula is C27H38ClN3O. The maximum atomic E-state index is 10.2. The summed E-state index contributed by atoms with van der Waals surface area (Å²) >= 11 is 6.76. The molecule has 174 valence electrons. The Bertz CT molecular complexity index is 1030. The van der Waals surface area contributed by atoms with Crippen LogP contribution in [0.15, 0.2) is 41.5 Å². The molecule has 3 N–H and O–H groups in total. The molecule has 32 heavy (non-hydrogen) atoms. The van der Waals surface area contributed by atoms with Gasteiger partial charge in [-0.3, -0.25) is 9.98 Å². The van der Waals surface area contributed by atoms with E-state index in [-0.39, 0.29) is 6.04 Å². The molecule has 0 aliphatic carbocycles. The third-order valence-corrected chi connectivity index (χ3v) is 6.45. The van der Waals surface area contributed by atoms with E-state index >= 15 is 0 Å². The Hall–Kier alpha value is -2.01. The lowest BCUT2D eigenvalue weighted by Crippen LogP contribution is -2.28. The summed E-state index contributed by atoms with van der Waals surface area (Å²) in [4.78, 5) is 9.24. The molecule has 0 fully saturated rings. The van der Waals surface area contributed by atoms with Gasteiger partial charge < -0.3 is 10.8 Å². The van der Waals surface area contributed by atoms with Crippen molar-refractivity contribution < 1.29 is 5.11 Å². The van der Waals surface area contributed by atoms with Crippen molar-refractivity contribution in [2.24, 2.45) is 16.6 Å². The van der Waals surface area contributed by atoms with Crippen molar-refractivity contribution in [3.05, 3.63) is 58.4 Å². The molecule has 0 radical (unpaired) electrons. The van der Waals surface area contributed by atoms with E-state index in [0.29, 0.717) is 16.7 Å². The SMILES string of the molecule is CC/C=C/C(=C\N=C(/C)C(C)(C)O)c1ccc2nc(C)c(Cl)c(C(N)C(C)CCC)c2c1. The van der Waals surface area contributed by atoms with Crippen LogP contribution >= 0.6 is 11.6 Å². The number of fused-ring (bicyclic) bond motifs is 1. The van der Waals surface area contributed by atoms with Crippen molar-refractivity contribution in [1.82, 2.24) is 4.98 Å². The fraction of sp³-hybridized carbons (Fsp3) is 0.481. The molecule has 0 spiro atoms. The zero-order valence-electron chi connectivity index (χ0n) is 20.5.